The SMILES string of the molecule is COc1cc(C(N)Cc2cc(F)ccc2F)ccc1F. The molecule has 0 spiro atoms. The van der Waals surface area contributed by atoms with Gasteiger partial charge in [-0.05, 0) is 47.9 Å². The Morgan fingerprint density at radius 3 is 2.45 bits per heavy atom. The van der Waals surface area contributed by atoms with Crippen molar-refractivity contribution < 1.29 is 17.9 Å². The fourth-order valence-corrected chi connectivity index (χ4v) is 1.96. The fraction of sp³-hybridized carbons (Fsp3) is 0.200. The minimum atomic E-state index is -0.583. The van der Waals surface area contributed by atoms with Gasteiger partial charge in [0, 0.05) is 6.04 Å². The highest BCUT2D eigenvalue weighted by Crippen LogP contribution is 2.24. The number of nitrogens with two attached hydrogens (primary N) is 1. The van der Waals surface area contributed by atoms with E-state index in [-0.39, 0.29) is 17.7 Å². The van der Waals surface area contributed by atoms with Crippen molar-refractivity contribution in [2.24, 2.45) is 5.73 Å². The first kappa shape index (κ1) is 14.4. The molecule has 0 fully saturated rings. The number of hydrogen-bond donors (Lipinski definition) is 1. The van der Waals surface area contributed by atoms with Crippen LogP contribution >= 0.6 is 0 Å². The third-order valence-electron chi connectivity index (χ3n) is 3.05. The summed E-state index contributed by atoms with van der Waals surface area (Å²) in [6.45, 7) is 0. The van der Waals surface area contributed by atoms with Gasteiger partial charge in [0.1, 0.15) is 11.6 Å². The van der Waals surface area contributed by atoms with Crippen LogP contribution in [0, 0.1) is 17.5 Å². The molecule has 1 unspecified atom stereocenters. The van der Waals surface area contributed by atoms with E-state index < -0.39 is 23.5 Å². The van der Waals surface area contributed by atoms with Crippen molar-refractivity contribution in [2.45, 2.75) is 12.5 Å². The lowest BCUT2D eigenvalue weighted by Gasteiger charge is -2.14. The van der Waals surface area contributed by atoms with Crippen molar-refractivity contribution in [2.75, 3.05) is 7.11 Å². The zero-order chi connectivity index (χ0) is 14.7. The normalized spacial score (nSPS) is 12.2. The number of ether oxygens (including phenoxy) is 1. The fourth-order valence-electron chi connectivity index (χ4n) is 1.96. The molecule has 106 valence electrons. The van der Waals surface area contributed by atoms with Gasteiger partial charge in [-0.1, -0.05) is 6.07 Å². The van der Waals surface area contributed by atoms with E-state index in [1.807, 2.05) is 0 Å². The molecule has 0 aliphatic rings. The van der Waals surface area contributed by atoms with Crippen LogP contribution in [0.3, 0.4) is 0 Å². The van der Waals surface area contributed by atoms with Gasteiger partial charge in [-0.2, -0.15) is 0 Å². The lowest BCUT2D eigenvalue weighted by molar-refractivity contribution is 0.385. The molecule has 0 radical (unpaired) electrons. The molecule has 2 aromatic carbocycles. The minimum absolute atomic E-state index is 0.0673. The lowest BCUT2D eigenvalue weighted by atomic mass is 9.99. The Labute approximate surface area is 115 Å². The van der Waals surface area contributed by atoms with E-state index in [1.54, 1.807) is 0 Å². The summed E-state index contributed by atoms with van der Waals surface area (Å²) in [4.78, 5) is 0. The predicted molar refractivity (Wildman–Crippen MR) is 69.9 cm³/mol. The highest BCUT2D eigenvalue weighted by Gasteiger charge is 2.13. The summed E-state index contributed by atoms with van der Waals surface area (Å²) >= 11 is 0. The minimum Gasteiger partial charge on any atom is -0.494 e. The first-order chi connectivity index (χ1) is 9.51. The second-order valence-electron chi connectivity index (χ2n) is 4.44. The number of halogens is 3. The molecule has 0 amide bonds. The molecule has 0 aliphatic carbocycles. The van der Waals surface area contributed by atoms with Crippen LogP contribution < -0.4 is 10.5 Å². The predicted octanol–water partition coefficient (Wildman–Crippen LogP) is 3.36. The summed E-state index contributed by atoms with van der Waals surface area (Å²) in [6, 6.07) is 6.82. The van der Waals surface area contributed by atoms with Crippen molar-refractivity contribution >= 4 is 0 Å². The molecule has 2 nitrogen and oxygen atoms in total. The van der Waals surface area contributed by atoms with Gasteiger partial charge in [0.05, 0.1) is 7.11 Å². The van der Waals surface area contributed by atoms with Crippen LogP contribution in [0.1, 0.15) is 17.2 Å². The molecule has 0 heterocycles. The Morgan fingerprint density at radius 2 is 1.75 bits per heavy atom. The van der Waals surface area contributed by atoms with E-state index in [4.69, 9.17) is 10.5 Å². The van der Waals surface area contributed by atoms with Crippen LogP contribution in [-0.4, -0.2) is 7.11 Å². The van der Waals surface area contributed by atoms with E-state index in [2.05, 4.69) is 0 Å². The third-order valence-corrected chi connectivity index (χ3v) is 3.05. The summed E-state index contributed by atoms with van der Waals surface area (Å²) in [6.07, 6.45) is 0.110. The number of hydrogen-bond acceptors (Lipinski definition) is 2. The average molecular weight is 281 g/mol. The van der Waals surface area contributed by atoms with E-state index in [0.717, 1.165) is 18.2 Å². The molecule has 1 atom stereocenters. The number of benzene rings is 2. The summed E-state index contributed by atoms with van der Waals surface area (Å²) in [5.41, 5.74) is 6.72. The van der Waals surface area contributed by atoms with Crippen molar-refractivity contribution in [1.29, 1.82) is 0 Å². The number of rotatable bonds is 4. The Balaban J connectivity index is 2.23. The molecule has 5 heteroatoms. The molecule has 20 heavy (non-hydrogen) atoms. The van der Waals surface area contributed by atoms with Gasteiger partial charge in [-0.3, -0.25) is 0 Å². The molecular weight excluding hydrogens is 267 g/mol. The molecule has 0 saturated carbocycles. The van der Waals surface area contributed by atoms with Crippen LogP contribution in [0.25, 0.3) is 0 Å². The van der Waals surface area contributed by atoms with Gasteiger partial charge in [0.15, 0.2) is 11.6 Å². The van der Waals surface area contributed by atoms with E-state index in [1.165, 1.54) is 25.3 Å². The van der Waals surface area contributed by atoms with Gasteiger partial charge in [-0.15, -0.1) is 0 Å². The quantitative estimate of drug-likeness (QED) is 0.932. The molecule has 0 bridgehead atoms. The largest absolute Gasteiger partial charge is 0.494 e. The maximum Gasteiger partial charge on any atom is 0.165 e. The van der Waals surface area contributed by atoms with Crippen molar-refractivity contribution in [3.63, 3.8) is 0 Å². The van der Waals surface area contributed by atoms with Gasteiger partial charge < -0.3 is 10.5 Å². The summed E-state index contributed by atoms with van der Waals surface area (Å²) in [7, 11) is 1.35. The monoisotopic (exact) mass is 281 g/mol. The van der Waals surface area contributed by atoms with Gasteiger partial charge in [0.2, 0.25) is 0 Å². The molecule has 0 aromatic heterocycles. The smallest absolute Gasteiger partial charge is 0.165 e. The maximum atomic E-state index is 13.5. The van der Waals surface area contributed by atoms with Crippen LogP contribution in [0.15, 0.2) is 36.4 Å². The van der Waals surface area contributed by atoms with Crippen LogP contribution in [-0.2, 0) is 6.42 Å². The van der Waals surface area contributed by atoms with Crippen molar-refractivity contribution in [3.05, 3.63) is 65.0 Å². The molecule has 2 N–H and O–H groups in total. The van der Waals surface area contributed by atoms with E-state index in [9.17, 15) is 13.2 Å². The zero-order valence-electron chi connectivity index (χ0n) is 10.9. The Kier molecular flexibility index (Phi) is 4.29. The Bertz CT molecular complexity index is 616. The first-order valence-corrected chi connectivity index (χ1v) is 6.04. The Morgan fingerprint density at radius 1 is 1.05 bits per heavy atom. The maximum absolute atomic E-state index is 13.5. The van der Waals surface area contributed by atoms with Gasteiger partial charge in [-0.25, -0.2) is 13.2 Å². The highest BCUT2D eigenvalue weighted by atomic mass is 19.1. The summed E-state index contributed by atoms with van der Waals surface area (Å²) in [5, 5.41) is 0. The van der Waals surface area contributed by atoms with Crippen LogP contribution in [0.5, 0.6) is 5.75 Å². The Hall–Kier alpha value is -2.01. The van der Waals surface area contributed by atoms with Gasteiger partial charge >= 0.3 is 0 Å². The van der Waals surface area contributed by atoms with E-state index >= 15 is 0 Å². The topological polar surface area (TPSA) is 35.2 Å². The number of methoxy groups -OCH3 is 1. The molecule has 2 aromatic rings. The van der Waals surface area contributed by atoms with Crippen LogP contribution in [0.4, 0.5) is 13.2 Å². The zero-order valence-corrected chi connectivity index (χ0v) is 10.9. The average Bonchev–Trinajstić information content (AvgIpc) is 2.43. The molecule has 0 aliphatic heterocycles. The summed E-state index contributed by atoms with van der Waals surface area (Å²) < 4.78 is 44.8. The van der Waals surface area contributed by atoms with Gasteiger partial charge in [0.25, 0.3) is 0 Å². The van der Waals surface area contributed by atoms with Crippen molar-refractivity contribution in [1.82, 2.24) is 0 Å². The lowest BCUT2D eigenvalue weighted by Crippen LogP contribution is -2.14. The van der Waals surface area contributed by atoms with Crippen molar-refractivity contribution in [3.8, 4) is 5.75 Å². The van der Waals surface area contributed by atoms with E-state index in [0.29, 0.717) is 5.56 Å². The third kappa shape index (κ3) is 3.11. The molecular formula is C15H14F3NO. The standard InChI is InChI=1S/C15H14F3NO/c1-20-15-8-9(2-4-13(15)18)14(19)7-10-6-11(16)3-5-12(10)17/h2-6,8,14H,7,19H2,1H3. The molecule has 2 rings (SSSR count). The summed E-state index contributed by atoms with van der Waals surface area (Å²) in [5.74, 6) is -1.47. The molecule has 0 saturated heterocycles. The highest BCUT2D eigenvalue weighted by molar-refractivity contribution is 5.33. The second kappa shape index (κ2) is 5.96. The second-order valence-corrected chi connectivity index (χ2v) is 4.44. The first-order valence-electron chi connectivity index (χ1n) is 6.04. The van der Waals surface area contributed by atoms with Crippen LogP contribution in [0.2, 0.25) is 0 Å².